The van der Waals surface area contributed by atoms with Gasteiger partial charge in [0.25, 0.3) is 5.91 Å². The molecule has 1 unspecified atom stereocenters. The molecule has 0 fully saturated rings. The molecular weight excluding hydrogens is 446 g/mol. The third-order valence-corrected chi connectivity index (χ3v) is 5.14. The minimum Gasteiger partial charge on any atom is -0.497 e. The largest absolute Gasteiger partial charge is 0.497 e. The first-order valence-electron chi connectivity index (χ1n) is 11.9. The number of nitrogens with one attached hydrogen (secondary N) is 2. The third kappa shape index (κ3) is 9.31. The highest BCUT2D eigenvalue weighted by molar-refractivity contribution is 5.98. The molecule has 2 N–H and O–H groups in total. The van der Waals surface area contributed by atoms with Gasteiger partial charge in [0.15, 0.2) is 0 Å². The lowest BCUT2D eigenvalue weighted by Crippen LogP contribution is -2.47. The van der Waals surface area contributed by atoms with E-state index in [1.54, 1.807) is 52.1 Å². The molecule has 2 aromatic carbocycles. The normalized spacial score (nSPS) is 11.8. The van der Waals surface area contributed by atoms with Gasteiger partial charge in [-0.25, -0.2) is 4.79 Å². The number of hydrogen-bond acceptors (Lipinski definition) is 5. The van der Waals surface area contributed by atoms with Crippen molar-refractivity contribution in [3.63, 3.8) is 0 Å². The molecule has 1 atom stereocenters. The van der Waals surface area contributed by atoms with Gasteiger partial charge in [-0.1, -0.05) is 50.1 Å². The molecule has 35 heavy (non-hydrogen) atoms. The van der Waals surface area contributed by atoms with Crippen LogP contribution >= 0.6 is 0 Å². The van der Waals surface area contributed by atoms with Crippen LogP contribution in [0.4, 0.5) is 10.5 Å². The van der Waals surface area contributed by atoms with Crippen molar-refractivity contribution >= 4 is 23.6 Å². The Morgan fingerprint density at radius 1 is 0.971 bits per heavy atom. The molecule has 0 spiro atoms. The number of benzene rings is 2. The Morgan fingerprint density at radius 2 is 1.63 bits per heavy atom. The molecule has 8 nitrogen and oxygen atoms in total. The Bertz CT molecular complexity index is 955. The maximum Gasteiger partial charge on any atom is 0.408 e. The van der Waals surface area contributed by atoms with Gasteiger partial charge in [0.2, 0.25) is 5.91 Å². The average molecular weight is 484 g/mol. The van der Waals surface area contributed by atoms with Crippen molar-refractivity contribution in [3.8, 4) is 5.75 Å². The Balaban J connectivity index is 2.29. The van der Waals surface area contributed by atoms with Gasteiger partial charge in [-0.15, -0.1) is 0 Å². The quantitative estimate of drug-likeness (QED) is 0.442. The maximum atomic E-state index is 13.5. The van der Waals surface area contributed by atoms with E-state index in [9.17, 15) is 14.4 Å². The van der Waals surface area contributed by atoms with Crippen LogP contribution in [0.15, 0.2) is 54.6 Å². The molecule has 0 saturated heterocycles. The van der Waals surface area contributed by atoms with E-state index in [1.165, 1.54) is 4.90 Å². The van der Waals surface area contributed by atoms with Crippen LogP contribution in [0.2, 0.25) is 0 Å². The molecule has 2 rings (SSSR count). The second-order valence-electron chi connectivity index (χ2n) is 9.18. The summed E-state index contributed by atoms with van der Waals surface area (Å²) in [6, 6.07) is 15.3. The third-order valence-electron chi connectivity index (χ3n) is 5.14. The van der Waals surface area contributed by atoms with E-state index in [0.717, 1.165) is 19.3 Å². The number of methoxy groups -OCH3 is 1. The van der Waals surface area contributed by atoms with E-state index in [-0.39, 0.29) is 18.4 Å². The second-order valence-corrected chi connectivity index (χ2v) is 9.18. The van der Waals surface area contributed by atoms with Gasteiger partial charge in [0.1, 0.15) is 23.9 Å². The summed E-state index contributed by atoms with van der Waals surface area (Å²) in [6.45, 7) is 7.42. The number of carbonyl (C=O) groups is 3. The molecule has 2 aromatic rings. The van der Waals surface area contributed by atoms with Gasteiger partial charge in [0, 0.05) is 12.2 Å². The fourth-order valence-corrected chi connectivity index (χ4v) is 3.49. The van der Waals surface area contributed by atoms with E-state index < -0.39 is 17.7 Å². The van der Waals surface area contributed by atoms with E-state index in [2.05, 4.69) is 17.6 Å². The van der Waals surface area contributed by atoms with Crippen molar-refractivity contribution in [2.24, 2.45) is 0 Å². The van der Waals surface area contributed by atoms with Gasteiger partial charge < -0.3 is 25.0 Å². The van der Waals surface area contributed by atoms with Crippen LogP contribution in [0.1, 0.15) is 58.6 Å². The average Bonchev–Trinajstić information content (AvgIpc) is 2.82. The molecule has 0 heterocycles. The first kappa shape index (κ1) is 27.7. The zero-order valence-electron chi connectivity index (χ0n) is 21.3. The van der Waals surface area contributed by atoms with Gasteiger partial charge in [-0.3, -0.25) is 9.59 Å². The SMILES string of the molecule is CCCCCN(C(=O)CNC(=O)OC(C)(C)C)C(C(=O)Nc1ccc(OC)cc1)c1ccccc1. The lowest BCUT2D eigenvalue weighted by atomic mass is 10.0. The zero-order valence-corrected chi connectivity index (χ0v) is 21.3. The Kier molecular flexibility index (Phi) is 10.6. The van der Waals surface area contributed by atoms with Crippen LogP contribution < -0.4 is 15.4 Å². The van der Waals surface area contributed by atoms with E-state index in [4.69, 9.17) is 9.47 Å². The van der Waals surface area contributed by atoms with Crippen molar-refractivity contribution in [1.82, 2.24) is 10.2 Å². The molecule has 0 aliphatic rings. The molecule has 190 valence electrons. The van der Waals surface area contributed by atoms with Gasteiger partial charge >= 0.3 is 6.09 Å². The monoisotopic (exact) mass is 483 g/mol. The topological polar surface area (TPSA) is 97.0 Å². The summed E-state index contributed by atoms with van der Waals surface area (Å²) in [7, 11) is 1.57. The smallest absolute Gasteiger partial charge is 0.408 e. The first-order valence-corrected chi connectivity index (χ1v) is 11.9. The van der Waals surface area contributed by atoms with Crippen molar-refractivity contribution in [3.05, 3.63) is 60.2 Å². The maximum absolute atomic E-state index is 13.5. The molecule has 8 heteroatoms. The van der Waals surface area contributed by atoms with Gasteiger partial charge in [-0.05, 0) is 57.0 Å². The minimum absolute atomic E-state index is 0.278. The van der Waals surface area contributed by atoms with Crippen LogP contribution in [0.25, 0.3) is 0 Å². The van der Waals surface area contributed by atoms with E-state index in [0.29, 0.717) is 23.5 Å². The van der Waals surface area contributed by atoms with Crippen LogP contribution in [0.5, 0.6) is 5.75 Å². The number of hydrogen-bond donors (Lipinski definition) is 2. The van der Waals surface area contributed by atoms with Crippen LogP contribution in [0.3, 0.4) is 0 Å². The highest BCUT2D eigenvalue weighted by atomic mass is 16.6. The molecular formula is C27H37N3O5. The molecule has 0 saturated carbocycles. The lowest BCUT2D eigenvalue weighted by Gasteiger charge is -2.32. The van der Waals surface area contributed by atoms with Crippen molar-refractivity contribution < 1.29 is 23.9 Å². The Hall–Kier alpha value is -3.55. The lowest BCUT2D eigenvalue weighted by molar-refractivity contribution is -0.138. The zero-order chi connectivity index (χ0) is 25.8. The molecule has 0 aromatic heterocycles. The van der Waals surface area contributed by atoms with Crippen LogP contribution in [-0.4, -0.2) is 48.6 Å². The van der Waals surface area contributed by atoms with Gasteiger partial charge in [-0.2, -0.15) is 0 Å². The van der Waals surface area contributed by atoms with Crippen LogP contribution in [-0.2, 0) is 14.3 Å². The van der Waals surface area contributed by atoms with E-state index >= 15 is 0 Å². The molecule has 0 aliphatic heterocycles. The van der Waals surface area contributed by atoms with Crippen molar-refractivity contribution in [1.29, 1.82) is 0 Å². The predicted octanol–water partition coefficient (Wildman–Crippen LogP) is 4.92. The first-order chi connectivity index (χ1) is 16.6. The summed E-state index contributed by atoms with van der Waals surface area (Å²) in [6.07, 6.45) is 1.92. The fraction of sp³-hybridized carbons (Fsp3) is 0.444. The Morgan fingerprint density at radius 3 is 2.20 bits per heavy atom. The standard InChI is InChI=1S/C27H37N3O5/c1-6-7-11-18-30(23(31)19-28-26(33)35-27(2,3)4)24(20-12-9-8-10-13-20)25(32)29-21-14-16-22(34-5)17-15-21/h8-10,12-17,24H,6-7,11,18-19H2,1-5H3,(H,28,33)(H,29,32). The van der Waals surface area contributed by atoms with E-state index in [1.807, 2.05) is 30.3 Å². The van der Waals surface area contributed by atoms with Crippen molar-refractivity contribution in [2.45, 2.75) is 58.6 Å². The number of anilines is 1. The summed E-state index contributed by atoms with van der Waals surface area (Å²) in [5, 5.41) is 5.43. The number of carbonyl (C=O) groups excluding carboxylic acids is 3. The fourth-order valence-electron chi connectivity index (χ4n) is 3.49. The summed E-state index contributed by atoms with van der Waals surface area (Å²) in [5.74, 6) is -0.0404. The summed E-state index contributed by atoms with van der Waals surface area (Å²) >= 11 is 0. The van der Waals surface area contributed by atoms with Gasteiger partial charge in [0.05, 0.1) is 7.11 Å². The highest BCUT2D eigenvalue weighted by Crippen LogP contribution is 2.25. The number of ether oxygens (including phenoxy) is 2. The number of unbranched alkanes of at least 4 members (excludes halogenated alkanes) is 2. The highest BCUT2D eigenvalue weighted by Gasteiger charge is 2.31. The number of nitrogens with zero attached hydrogens (tertiary/aromatic N) is 1. The summed E-state index contributed by atoms with van der Waals surface area (Å²) in [4.78, 5) is 40.5. The molecule has 0 bridgehead atoms. The van der Waals surface area contributed by atoms with Crippen LogP contribution in [0, 0.1) is 0 Å². The molecule has 3 amide bonds. The molecule has 0 radical (unpaired) electrons. The minimum atomic E-state index is -0.872. The number of alkyl carbamates (subject to hydrolysis) is 1. The summed E-state index contributed by atoms with van der Waals surface area (Å²) in [5.41, 5.74) is 0.587. The van der Waals surface area contributed by atoms with Crippen molar-refractivity contribution in [2.75, 3.05) is 25.5 Å². The Labute approximate surface area is 208 Å². The predicted molar refractivity (Wildman–Crippen MR) is 136 cm³/mol. The second kappa shape index (κ2) is 13.4. The number of amides is 3. The summed E-state index contributed by atoms with van der Waals surface area (Å²) < 4.78 is 10.4. The molecule has 0 aliphatic carbocycles. The number of rotatable bonds is 11.